The highest BCUT2D eigenvalue weighted by molar-refractivity contribution is 5.83. The molecule has 6 nitrogen and oxygen atoms in total. The lowest BCUT2D eigenvalue weighted by Gasteiger charge is -2.35. The molecular formula is C14H17NO5. The lowest BCUT2D eigenvalue weighted by atomic mass is 9.90. The summed E-state index contributed by atoms with van der Waals surface area (Å²) in [5.41, 5.74) is -0.951. The molecule has 1 N–H and O–H groups in total. The van der Waals surface area contributed by atoms with Gasteiger partial charge in [0.2, 0.25) is 13.2 Å². The Morgan fingerprint density at radius 1 is 1.45 bits per heavy atom. The normalized spacial score (nSPS) is 15.5. The van der Waals surface area contributed by atoms with Crippen molar-refractivity contribution in [1.29, 1.82) is 0 Å². The molecule has 0 saturated carbocycles. The molecule has 0 aliphatic carbocycles. The quantitative estimate of drug-likeness (QED) is 0.800. The number of carboxylic acid groups (broad SMARTS) is 1. The van der Waals surface area contributed by atoms with Crippen molar-refractivity contribution < 1.29 is 24.2 Å². The maximum absolute atomic E-state index is 11.7. The lowest BCUT2D eigenvalue weighted by molar-refractivity contribution is -0.154. The number of carboxylic acids is 1. The van der Waals surface area contributed by atoms with Gasteiger partial charge in [0.25, 0.3) is 0 Å². The highest BCUT2D eigenvalue weighted by Crippen LogP contribution is 2.37. The van der Waals surface area contributed by atoms with E-state index in [2.05, 4.69) is 0 Å². The van der Waals surface area contributed by atoms with E-state index in [1.165, 1.54) is 11.8 Å². The summed E-state index contributed by atoms with van der Waals surface area (Å²) in [6, 6.07) is 4.92. The predicted molar refractivity (Wildman–Crippen MR) is 70.6 cm³/mol. The number of fused-ring (bicyclic) bond motifs is 1. The number of amides is 1. The Morgan fingerprint density at radius 2 is 2.15 bits per heavy atom. The molecule has 1 aromatic carbocycles. The number of benzene rings is 1. The summed E-state index contributed by atoms with van der Waals surface area (Å²) in [6.07, 6.45) is 1.24. The summed E-state index contributed by atoms with van der Waals surface area (Å²) in [6.45, 7) is 3.88. The third kappa shape index (κ3) is 2.17. The summed E-state index contributed by atoms with van der Waals surface area (Å²) in [5, 5.41) is 9.59. The van der Waals surface area contributed by atoms with Gasteiger partial charge in [0.05, 0.1) is 0 Å². The van der Waals surface area contributed by atoms with Crippen molar-refractivity contribution in [3.05, 3.63) is 23.8 Å². The fraction of sp³-hybridized carbons (Fsp3) is 0.429. The van der Waals surface area contributed by atoms with Gasteiger partial charge in [0.15, 0.2) is 17.0 Å². The lowest BCUT2D eigenvalue weighted by Crippen LogP contribution is -2.49. The van der Waals surface area contributed by atoms with Gasteiger partial charge < -0.3 is 19.5 Å². The van der Waals surface area contributed by atoms with Crippen molar-refractivity contribution >= 4 is 12.4 Å². The van der Waals surface area contributed by atoms with Crippen LogP contribution in [0.5, 0.6) is 11.5 Å². The minimum absolute atomic E-state index is 0.120. The van der Waals surface area contributed by atoms with Crippen molar-refractivity contribution in [1.82, 2.24) is 4.90 Å². The fourth-order valence-corrected chi connectivity index (χ4v) is 2.23. The van der Waals surface area contributed by atoms with Gasteiger partial charge in [-0.1, -0.05) is 13.0 Å². The third-order valence-corrected chi connectivity index (χ3v) is 3.52. The molecule has 108 valence electrons. The monoisotopic (exact) mass is 279 g/mol. The summed E-state index contributed by atoms with van der Waals surface area (Å²) < 4.78 is 10.5. The summed E-state index contributed by atoms with van der Waals surface area (Å²) in [5.74, 6) is -0.0103. The molecule has 20 heavy (non-hydrogen) atoms. The van der Waals surface area contributed by atoms with Gasteiger partial charge in [-0.3, -0.25) is 4.79 Å². The number of carbonyl (C=O) groups excluding carboxylic acids is 1. The Kier molecular flexibility index (Phi) is 3.83. The van der Waals surface area contributed by atoms with Crippen LogP contribution >= 0.6 is 0 Å². The highest BCUT2D eigenvalue weighted by Gasteiger charge is 2.41. The molecule has 2 rings (SSSR count). The molecule has 0 saturated heterocycles. The van der Waals surface area contributed by atoms with Gasteiger partial charge >= 0.3 is 5.97 Å². The molecular weight excluding hydrogens is 262 g/mol. The molecule has 1 aliphatic rings. The summed E-state index contributed by atoms with van der Waals surface area (Å²) in [4.78, 5) is 24.3. The van der Waals surface area contributed by atoms with Gasteiger partial charge in [0, 0.05) is 6.54 Å². The number of nitrogens with zero attached hydrogens (tertiary/aromatic N) is 1. The molecule has 6 heteroatoms. The molecule has 1 aliphatic heterocycles. The van der Waals surface area contributed by atoms with Crippen LogP contribution in [0, 0.1) is 0 Å². The van der Waals surface area contributed by atoms with Gasteiger partial charge in [-0.15, -0.1) is 0 Å². The summed E-state index contributed by atoms with van der Waals surface area (Å²) >= 11 is 0. The molecule has 1 aromatic rings. The second-order valence-corrected chi connectivity index (χ2v) is 4.74. The Bertz CT molecular complexity index is 530. The zero-order valence-electron chi connectivity index (χ0n) is 11.5. The molecule has 1 amide bonds. The Labute approximate surface area is 116 Å². The Balaban J connectivity index is 2.47. The van der Waals surface area contributed by atoms with Crippen LogP contribution < -0.4 is 9.47 Å². The van der Waals surface area contributed by atoms with Crippen LogP contribution in [0.25, 0.3) is 0 Å². The number of hydrogen-bond acceptors (Lipinski definition) is 4. The Morgan fingerprint density at radius 3 is 2.75 bits per heavy atom. The number of ether oxygens (including phenoxy) is 2. The van der Waals surface area contributed by atoms with E-state index in [1.807, 2.05) is 6.92 Å². The molecule has 1 unspecified atom stereocenters. The van der Waals surface area contributed by atoms with Crippen molar-refractivity contribution in [2.45, 2.75) is 25.8 Å². The zero-order valence-corrected chi connectivity index (χ0v) is 11.5. The van der Waals surface area contributed by atoms with Crippen LogP contribution in [0.3, 0.4) is 0 Å². The largest absolute Gasteiger partial charge is 0.479 e. The second kappa shape index (κ2) is 5.40. The zero-order chi connectivity index (χ0) is 14.8. The first kappa shape index (κ1) is 14.2. The SMILES string of the molecule is CCCN(C=O)C(C)(C(=O)O)c1ccc2c(c1)OCO2. The van der Waals surface area contributed by atoms with Crippen LogP contribution in [-0.4, -0.2) is 35.7 Å². The van der Waals surface area contributed by atoms with E-state index in [-0.39, 0.29) is 6.79 Å². The van der Waals surface area contributed by atoms with Crippen molar-refractivity contribution in [2.75, 3.05) is 13.3 Å². The molecule has 0 aromatic heterocycles. The standard InChI is InChI=1S/C14H17NO5/c1-3-6-15(8-16)14(2,13(17)18)10-4-5-11-12(7-10)20-9-19-11/h4-5,7-8H,3,6,9H2,1-2H3,(H,17,18). The van der Waals surface area contributed by atoms with Crippen molar-refractivity contribution in [3.63, 3.8) is 0 Å². The molecule has 1 atom stereocenters. The third-order valence-electron chi connectivity index (χ3n) is 3.52. The molecule has 0 radical (unpaired) electrons. The van der Waals surface area contributed by atoms with E-state index in [1.54, 1.807) is 18.2 Å². The van der Waals surface area contributed by atoms with Crippen LogP contribution in [0.4, 0.5) is 0 Å². The van der Waals surface area contributed by atoms with E-state index in [4.69, 9.17) is 9.47 Å². The van der Waals surface area contributed by atoms with E-state index < -0.39 is 11.5 Å². The highest BCUT2D eigenvalue weighted by atomic mass is 16.7. The van der Waals surface area contributed by atoms with Gasteiger partial charge in [-0.2, -0.15) is 0 Å². The maximum Gasteiger partial charge on any atom is 0.334 e. The van der Waals surface area contributed by atoms with Gasteiger partial charge in [0.1, 0.15) is 0 Å². The second-order valence-electron chi connectivity index (χ2n) is 4.74. The molecule has 0 spiro atoms. The first-order valence-corrected chi connectivity index (χ1v) is 6.39. The van der Waals surface area contributed by atoms with E-state index in [0.717, 1.165) is 0 Å². The molecule has 1 heterocycles. The van der Waals surface area contributed by atoms with Crippen molar-refractivity contribution in [3.8, 4) is 11.5 Å². The molecule has 0 bridgehead atoms. The first-order valence-electron chi connectivity index (χ1n) is 6.39. The smallest absolute Gasteiger partial charge is 0.334 e. The van der Waals surface area contributed by atoms with Gasteiger partial charge in [-0.05, 0) is 31.0 Å². The number of aliphatic carboxylic acids is 1. The number of hydrogen-bond donors (Lipinski definition) is 1. The van der Waals surface area contributed by atoms with E-state index in [0.29, 0.717) is 36.4 Å². The fourth-order valence-electron chi connectivity index (χ4n) is 2.23. The van der Waals surface area contributed by atoms with Crippen LogP contribution in [-0.2, 0) is 15.1 Å². The summed E-state index contributed by atoms with van der Waals surface area (Å²) in [7, 11) is 0. The van der Waals surface area contributed by atoms with Crippen LogP contribution in [0.2, 0.25) is 0 Å². The van der Waals surface area contributed by atoms with E-state index in [9.17, 15) is 14.7 Å². The number of rotatable bonds is 6. The minimum Gasteiger partial charge on any atom is -0.479 e. The Hall–Kier alpha value is -2.24. The number of carbonyl (C=O) groups is 2. The predicted octanol–water partition coefficient (Wildman–Crippen LogP) is 1.58. The van der Waals surface area contributed by atoms with Crippen molar-refractivity contribution in [2.24, 2.45) is 0 Å². The maximum atomic E-state index is 11.7. The van der Waals surface area contributed by atoms with E-state index >= 15 is 0 Å². The first-order chi connectivity index (χ1) is 9.53. The van der Waals surface area contributed by atoms with Crippen LogP contribution in [0.1, 0.15) is 25.8 Å². The average Bonchev–Trinajstić information content (AvgIpc) is 2.90. The topological polar surface area (TPSA) is 76.1 Å². The van der Waals surface area contributed by atoms with Gasteiger partial charge in [-0.25, -0.2) is 4.79 Å². The minimum atomic E-state index is -1.43. The molecule has 0 fully saturated rings. The average molecular weight is 279 g/mol. The van der Waals surface area contributed by atoms with Crippen LogP contribution in [0.15, 0.2) is 18.2 Å².